The van der Waals surface area contributed by atoms with Crippen LogP contribution in [0.2, 0.25) is 0 Å². The van der Waals surface area contributed by atoms with E-state index in [4.69, 9.17) is 4.74 Å². The van der Waals surface area contributed by atoms with E-state index in [0.717, 1.165) is 24.9 Å². The number of hydrogen-bond acceptors (Lipinski definition) is 4. The first kappa shape index (κ1) is 16.0. The predicted molar refractivity (Wildman–Crippen MR) is 92.5 cm³/mol. The predicted octanol–water partition coefficient (Wildman–Crippen LogP) is 3.60. The van der Waals surface area contributed by atoms with Crippen LogP contribution in [0.25, 0.3) is 0 Å². The topological polar surface area (TPSA) is 50.4 Å². The van der Waals surface area contributed by atoms with Crippen LogP contribution in [0.15, 0.2) is 42.5 Å². The van der Waals surface area contributed by atoms with Crippen LogP contribution in [0.3, 0.4) is 0 Å². The molecule has 122 valence electrons. The first-order chi connectivity index (χ1) is 11.2. The lowest BCUT2D eigenvalue weighted by Crippen LogP contribution is -2.52. The number of ether oxygens (including phenoxy) is 1. The Morgan fingerprint density at radius 1 is 1.17 bits per heavy atom. The Bertz CT molecular complexity index is 635. The van der Waals surface area contributed by atoms with Crippen molar-refractivity contribution in [2.24, 2.45) is 0 Å². The van der Waals surface area contributed by atoms with Gasteiger partial charge in [0.05, 0.1) is 0 Å². The maximum Gasteiger partial charge on any atom is 0.407 e. The number of thiophene rings is 1. The molecule has 1 aliphatic rings. The van der Waals surface area contributed by atoms with E-state index in [9.17, 15) is 4.79 Å². The molecule has 23 heavy (non-hydrogen) atoms. The third-order valence-electron chi connectivity index (χ3n) is 4.03. The van der Waals surface area contributed by atoms with Crippen LogP contribution in [-0.4, -0.2) is 18.2 Å². The van der Waals surface area contributed by atoms with E-state index in [-0.39, 0.29) is 12.1 Å². The molecule has 1 saturated carbocycles. The highest BCUT2D eigenvalue weighted by Crippen LogP contribution is 2.22. The van der Waals surface area contributed by atoms with Crippen LogP contribution in [0.4, 0.5) is 4.79 Å². The summed E-state index contributed by atoms with van der Waals surface area (Å²) >= 11 is 1.83. The Morgan fingerprint density at radius 2 is 1.96 bits per heavy atom. The van der Waals surface area contributed by atoms with Gasteiger partial charge in [-0.1, -0.05) is 30.3 Å². The Labute approximate surface area is 140 Å². The number of nitrogens with one attached hydrogen (secondary N) is 2. The monoisotopic (exact) mass is 330 g/mol. The van der Waals surface area contributed by atoms with Gasteiger partial charge < -0.3 is 15.4 Å². The minimum absolute atomic E-state index is 0.223. The third kappa shape index (κ3) is 4.81. The standard InChI is InChI=1S/C18H22N2O2S/c1-13-7-8-17(23-13)11-19-15-9-16(10-15)20-18(21)22-12-14-5-3-2-4-6-14/h2-8,15-16,19H,9-12H2,1H3,(H,20,21). The number of benzene rings is 1. The molecule has 1 aromatic carbocycles. The molecule has 1 aromatic heterocycles. The summed E-state index contributed by atoms with van der Waals surface area (Å²) in [4.78, 5) is 14.5. The Hall–Kier alpha value is -1.85. The highest BCUT2D eigenvalue weighted by Gasteiger charge is 2.30. The van der Waals surface area contributed by atoms with E-state index in [1.165, 1.54) is 9.75 Å². The van der Waals surface area contributed by atoms with Gasteiger partial charge in [-0.2, -0.15) is 0 Å². The quantitative estimate of drug-likeness (QED) is 0.851. The van der Waals surface area contributed by atoms with Gasteiger partial charge in [-0.3, -0.25) is 0 Å². The summed E-state index contributed by atoms with van der Waals surface area (Å²) in [6, 6.07) is 14.7. The van der Waals surface area contributed by atoms with Crippen molar-refractivity contribution in [3.8, 4) is 0 Å². The van der Waals surface area contributed by atoms with E-state index >= 15 is 0 Å². The molecule has 0 aliphatic heterocycles. The van der Waals surface area contributed by atoms with Crippen molar-refractivity contribution in [1.82, 2.24) is 10.6 Å². The molecule has 0 atom stereocenters. The largest absolute Gasteiger partial charge is 0.445 e. The lowest BCUT2D eigenvalue weighted by Gasteiger charge is -2.36. The van der Waals surface area contributed by atoms with E-state index in [0.29, 0.717) is 12.6 Å². The van der Waals surface area contributed by atoms with E-state index in [2.05, 4.69) is 29.7 Å². The number of amides is 1. The van der Waals surface area contributed by atoms with Gasteiger partial charge in [-0.25, -0.2) is 4.79 Å². The molecular formula is C18H22N2O2S. The van der Waals surface area contributed by atoms with Gasteiger partial charge in [-0.05, 0) is 37.5 Å². The molecule has 0 radical (unpaired) electrons. The summed E-state index contributed by atoms with van der Waals surface area (Å²) in [6.45, 7) is 3.35. The second-order valence-corrected chi connectivity index (χ2v) is 7.34. The third-order valence-corrected chi connectivity index (χ3v) is 5.03. The molecule has 0 bridgehead atoms. The van der Waals surface area contributed by atoms with Crippen molar-refractivity contribution in [3.05, 3.63) is 57.8 Å². The Balaban J connectivity index is 1.30. The Kier molecular flexibility index (Phi) is 5.31. The zero-order chi connectivity index (χ0) is 16.1. The van der Waals surface area contributed by atoms with Gasteiger partial charge in [0.1, 0.15) is 6.61 Å². The fraction of sp³-hybridized carbons (Fsp3) is 0.389. The number of hydrogen-bond donors (Lipinski definition) is 2. The van der Waals surface area contributed by atoms with Crippen LogP contribution in [0.5, 0.6) is 0 Å². The van der Waals surface area contributed by atoms with Crippen molar-refractivity contribution in [3.63, 3.8) is 0 Å². The SMILES string of the molecule is Cc1ccc(CNC2CC(NC(=O)OCc3ccccc3)C2)s1. The molecule has 2 aromatic rings. The maximum absolute atomic E-state index is 11.8. The molecule has 0 spiro atoms. The normalized spacial score (nSPS) is 19.9. The van der Waals surface area contributed by atoms with Gasteiger partial charge in [-0.15, -0.1) is 11.3 Å². The number of rotatable bonds is 6. The maximum atomic E-state index is 11.8. The zero-order valence-electron chi connectivity index (χ0n) is 13.2. The first-order valence-electron chi connectivity index (χ1n) is 7.95. The van der Waals surface area contributed by atoms with Gasteiger partial charge in [0, 0.05) is 28.4 Å². The molecule has 3 rings (SSSR count). The number of carbonyl (C=O) groups excluding carboxylic acids is 1. The Morgan fingerprint density at radius 3 is 2.65 bits per heavy atom. The van der Waals surface area contributed by atoms with Crippen LogP contribution < -0.4 is 10.6 Å². The molecular weight excluding hydrogens is 308 g/mol. The summed E-state index contributed by atoms with van der Waals surface area (Å²) in [5, 5.41) is 6.45. The number of aryl methyl sites for hydroxylation is 1. The summed E-state index contributed by atoms with van der Waals surface area (Å²) in [7, 11) is 0. The van der Waals surface area contributed by atoms with Gasteiger partial charge in [0.2, 0.25) is 0 Å². The van der Waals surface area contributed by atoms with Crippen molar-refractivity contribution < 1.29 is 9.53 Å². The molecule has 0 unspecified atom stereocenters. The van der Waals surface area contributed by atoms with Crippen LogP contribution >= 0.6 is 11.3 Å². The highest BCUT2D eigenvalue weighted by atomic mass is 32.1. The smallest absolute Gasteiger partial charge is 0.407 e. The fourth-order valence-corrected chi connectivity index (χ4v) is 3.50. The van der Waals surface area contributed by atoms with Gasteiger partial charge >= 0.3 is 6.09 Å². The second kappa shape index (κ2) is 7.62. The summed E-state index contributed by atoms with van der Waals surface area (Å²) in [5.74, 6) is 0. The number of carbonyl (C=O) groups is 1. The average Bonchev–Trinajstić information content (AvgIpc) is 2.94. The molecule has 1 aliphatic carbocycles. The van der Waals surface area contributed by atoms with Crippen molar-refractivity contribution in [2.45, 2.75) is 45.0 Å². The molecule has 2 N–H and O–H groups in total. The molecule has 4 nitrogen and oxygen atoms in total. The van der Waals surface area contributed by atoms with Crippen LogP contribution in [-0.2, 0) is 17.9 Å². The lowest BCUT2D eigenvalue weighted by atomic mass is 9.87. The summed E-state index contributed by atoms with van der Waals surface area (Å²) in [6.07, 6.45) is 1.60. The lowest BCUT2D eigenvalue weighted by molar-refractivity contribution is 0.125. The van der Waals surface area contributed by atoms with Crippen LogP contribution in [0.1, 0.15) is 28.2 Å². The molecule has 0 saturated heterocycles. The summed E-state index contributed by atoms with van der Waals surface area (Å²) < 4.78 is 5.23. The average molecular weight is 330 g/mol. The highest BCUT2D eigenvalue weighted by molar-refractivity contribution is 7.11. The fourth-order valence-electron chi connectivity index (χ4n) is 2.66. The van der Waals surface area contributed by atoms with Crippen molar-refractivity contribution >= 4 is 17.4 Å². The van der Waals surface area contributed by atoms with Gasteiger partial charge in [0.15, 0.2) is 0 Å². The summed E-state index contributed by atoms with van der Waals surface area (Å²) in [5.41, 5.74) is 1.00. The zero-order valence-corrected chi connectivity index (χ0v) is 14.1. The molecule has 1 heterocycles. The van der Waals surface area contributed by atoms with E-state index < -0.39 is 0 Å². The minimum Gasteiger partial charge on any atom is -0.445 e. The minimum atomic E-state index is -0.328. The number of alkyl carbamates (subject to hydrolysis) is 1. The van der Waals surface area contributed by atoms with Gasteiger partial charge in [0.25, 0.3) is 0 Å². The molecule has 5 heteroatoms. The van der Waals surface area contributed by atoms with E-state index in [1.54, 1.807) is 0 Å². The van der Waals surface area contributed by atoms with Crippen molar-refractivity contribution in [2.75, 3.05) is 0 Å². The van der Waals surface area contributed by atoms with E-state index in [1.807, 2.05) is 41.7 Å². The van der Waals surface area contributed by atoms with Crippen molar-refractivity contribution in [1.29, 1.82) is 0 Å². The first-order valence-corrected chi connectivity index (χ1v) is 8.76. The second-order valence-electron chi connectivity index (χ2n) is 5.96. The molecule has 1 amide bonds. The molecule has 1 fully saturated rings. The van der Waals surface area contributed by atoms with Crippen LogP contribution in [0, 0.1) is 6.92 Å².